The van der Waals surface area contributed by atoms with E-state index in [9.17, 15) is 0 Å². The Bertz CT molecular complexity index is 1140. The predicted octanol–water partition coefficient (Wildman–Crippen LogP) is 1.80. The fourth-order valence-electron chi connectivity index (χ4n) is 4.01. The van der Waals surface area contributed by atoms with E-state index in [1.54, 1.807) is 0 Å². The van der Waals surface area contributed by atoms with Crippen LogP contribution in [0.4, 0.5) is 0 Å². The zero-order valence-electron chi connectivity index (χ0n) is 18.0. The molecule has 0 saturated heterocycles. The molecule has 0 fully saturated rings. The Kier molecular flexibility index (Phi) is 10.5. The van der Waals surface area contributed by atoms with E-state index in [1.165, 1.54) is 44.5 Å². The van der Waals surface area contributed by atoms with Crippen molar-refractivity contribution in [2.24, 2.45) is 0 Å². The number of rotatable bonds is 2. The van der Waals surface area contributed by atoms with Gasteiger partial charge in [0.15, 0.2) is 0 Å². The molecule has 6 rings (SSSR count). The van der Waals surface area contributed by atoms with Crippen molar-refractivity contribution in [3.8, 4) is 33.4 Å². The molecule has 1 aliphatic carbocycles. The molecular formula is C30H22Cl2Zr. The molecule has 0 saturated carbocycles. The first-order valence-corrected chi connectivity index (χ1v) is 10.3. The van der Waals surface area contributed by atoms with Gasteiger partial charge in [0.25, 0.3) is 0 Å². The Hall–Kier alpha value is -2.31. The van der Waals surface area contributed by atoms with Gasteiger partial charge in [-0.1, -0.05) is 95.6 Å². The molecule has 0 amide bonds. The van der Waals surface area contributed by atoms with E-state index in [0.29, 0.717) is 0 Å². The molecule has 0 unspecified atom stereocenters. The number of benzene rings is 4. The molecule has 0 spiro atoms. The molecule has 33 heavy (non-hydrogen) atoms. The van der Waals surface area contributed by atoms with Gasteiger partial charge in [-0.3, -0.25) is 0 Å². The molecule has 0 atom stereocenters. The summed E-state index contributed by atoms with van der Waals surface area (Å²) in [5, 5.41) is 0. The minimum absolute atomic E-state index is 0. The van der Waals surface area contributed by atoms with Gasteiger partial charge in [-0.25, -0.2) is 12.1 Å². The van der Waals surface area contributed by atoms with Crippen molar-refractivity contribution >= 4 is 0 Å². The molecular weight excluding hydrogens is 522 g/mol. The topological polar surface area (TPSA) is 0 Å². The van der Waals surface area contributed by atoms with Crippen molar-refractivity contribution < 1.29 is 51.0 Å². The summed E-state index contributed by atoms with van der Waals surface area (Å²) >= 11 is 0. The van der Waals surface area contributed by atoms with Crippen LogP contribution in [-0.2, 0) is 32.6 Å². The van der Waals surface area contributed by atoms with E-state index in [1.807, 2.05) is 30.3 Å². The van der Waals surface area contributed by atoms with Gasteiger partial charge in [-0.15, -0.1) is 11.1 Å². The van der Waals surface area contributed by atoms with Crippen LogP contribution in [0.25, 0.3) is 33.4 Å². The van der Waals surface area contributed by atoms with Crippen LogP contribution < -0.4 is 24.8 Å². The number of halogens is 2. The first kappa shape index (κ1) is 26.9. The second-order valence-electron chi connectivity index (χ2n) is 7.52. The first-order chi connectivity index (χ1) is 14.9. The minimum Gasteiger partial charge on any atom is -1.00 e. The molecule has 0 bridgehead atoms. The normalized spacial score (nSPS) is 10.2. The van der Waals surface area contributed by atoms with Crippen LogP contribution in [0.1, 0.15) is 11.1 Å². The Balaban J connectivity index is 0.000000431. The summed E-state index contributed by atoms with van der Waals surface area (Å²) in [5.41, 5.74) is 10.4. The van der Waals surface area contributed by atoms with Crippen molar-refractivity contribution in [2.45, 2.75) is 6.42 Å². The van der Waals surface area contributed by atoms with Gasteiger partial charge in [0.1, 0.15) is 0 Å². The smallest absolute Gasteiger partial charge is 1.00 e. The number of fused-ring (bicyclic) bond motifs is 3. The average molecular weight is 545 g/mol. The number of hydrogen-bond acceptors (Lipinski definition) is 0. The van der Waals surface area contributed by atoms with Gasteiger partial charge in [0.05, 0.1) is 0 Å². The van der Waals surface area contributed by atoms with Crippen LogP contribution in [0.3, 0.4) is 0 Å². The molecule has 160 valence electrons. The van der Waals surface area contributed by atoms with Crippen molar-refractivity contribution in [1.29, 1.82) is 0 Å². The predicted molar refractivity (Wildman–Crippen MR) is 126 cm³/mol. The van der Waals surface area contributed by atoms with Gasteiger partial charge in [-0.05, 0) is 17.5 Å². The van der Waals surface area contributed by atoms with E-state index in [-0.39, 0.29) is 51.0 Å². The third-order valence-electron chi connectivity index (χ3n) is 5.56. The molecule has 0 radical (unpaired) electrons. The summed E-state index contributed by atoms with van der Waals surface area (Å²) in [5.74, 6) is 0. The standard InChI is InChI=1S/C25H17.C5H5.2ClH.Zr/c1-3-7-18(8-4-1)20-11-13-22-15-23-14-12-21(17-25(23)24(22)16-20)19-9-5-2-6-10-19;1-2-4-5-3-1;;;/h1-13,16-17H,15H2;1-5H;2*1H;/q2*-1;;;+4/p-2. The zero-order valence-corrected chi connectivity index (χ0v) is 22.0. The number of hydrogen-bond donors (Lipinski definition) is 0. The molecule has 0 aromatic heterocycles. The maximum absolute atomic E-state index is 3.52. The Morgan fingerprint density at radius 2 is 1.15 bits per heavy atom. The largest absolute Gasteiger partial charge is 4.00 e. The molecule has 0 nitrogen and oxygen atoms in total. The fraction of sp³-hybridized carbons (Fsp3) is 0.0333. The molecule has 0 heterocycles. The van der Waals surface area contributed by atoms with Crippen molar-refractivity contribution in [1.82, 2.24) is 0 Å². The Morgan fingerprint density at radius 3 is 1.73 bits per heavy atom. The van der Waals surface area contributed by atoms with E-state index >= 15 is 0 Å². The monoisotopic (exact) mass is 542 g/mol. The maximum Gasteiger partial charge on any atom is 4.00 e. The van der Waals surface area contributed by atoms with Crippen molar-refractivity contribution in [3.05, 3.63) is 139 Å². The third kappa shape index (κ3) is 6.18. The van der Waals surface area contributed by atoms with Gasteiger partial charge in [0.2, 0.25) is 0 Å². The van der Waals surface area contributed by atoms with Gasteiger partial charge in [-0.2, -0.15) is 42.0 Å². The Morgan fingerprint density at radius 1 is 0.576 bits per heavy atom. The van der Waals surface area contributed by atoms with Crippen LogP contribution >= 0.6 is 0 Å². The SMILES string of the molecule is [Cl-].[Cl-].[Zr+4].[c-]1cc(-c2ccccc2)cc2c1Cc1ccc(-c3ccccc3)cc1-2.c1cc[cH-]c1. The van der Waals surface area contributed by atoms with Crippen LogP contribution in [0, 0.1) is 6.07 Å². The van der Waals surface area contributed by atoms with E-state index in [4.69, 9.17) is 0 Å². The van der Waals surface area contributed by atoms with E-state index in [2.05, 4.69) is 97.1 Å². The summed E-state index contributed by atoms with van der Waals surface area (Å²) in [6.07, 6.45) is 0.981. The zero-order chi connectivity index (χ0) is 20.2. The second kappa shape index (κ2) is 12.8. The summed E-state index contributed by atoms with van der Waals surface area (Å²) in [4.78, 5) is 0. The van der Waals surface area contributed by atoms with Gasteiger partial charge < -0.3 is 24.8 Å². The van der Waals surface area contributed by atoms with Gasteiger partial charge in [0, 0.05) is 0 Å². The minimum atomic E-state index is 0. The average Bonchev–Trinajstić information content (AvgIpc) is 3.51. The molecule has 3 heteroatoms. The van der Waals surface area contributed by atoms with E-state index in [0.717, 1.165) is 6.42 Å². The molecule has 0 aliphatic heterocycles. The quantitative estimate of drug-likeness (QED) is 0.292. The van der Waals surface area contributed by atoms with Crippen molar-refractivity contribution in [3.63, 3.8) is 0 Å². The van der Waals surface area contributed by atoms with Crippen LogP contribution in [0.15, 0.2) is 121 Å². The van der Waals surface area contributed by atoms with Crippen LogP contribution in [0.5, 0.6) is 0 Å². The van der Waals surface area contributed by atoms with Crippen LogP contribution in [-0.4, -0.2) is 0 Å². The molecule has 1 aliphatic rings. The maximum atomic E-state index is 3.52. The fourth-order valence-corrected chi connectivity index (χ4v) is 4.01. The summed E-state index contributed by atoms with van der Waals surface area (Å²) in [6.45, 7) is 0. The first-order valence-electron chi connectivity index (χ1n) is 10.3. The summed E-state index contributed by atoms with van der Waals surface area (Å²) in [6, 6.07) is 45.9. The van der Waals surface area contributed by atoms with Crippen molar-refractivity contribution in [2.75, 3.05) is 0 Å². The molecule has 0 N–H and O–H groups in total. The summed E-state index contributed by atoms with van der Waals surface area (Å²) < 4.78 is 0. The Labute approximate surface area is 228 Å². The van der Waals surface area contributed by atoms with Gasteiger partial charge >= 0.3 is 26.2 Å². The van der Waals surface area contributed by atoms with E-state index < -0.39 is 0 Å². The molecule has 5 aromatic rings. The summed E-state index contributed by atoms with van der Waals surface area (Å²) in [7, 11) is 0. The second-order valence-corrected chi connectivity index (χ2v) is 7.52. The molecule has 5 aromatic carbocycles. The van der Waals surface area contributed by atoms with Crippen LogP contribution in [0.2, 0.25) is 0 Å². The third-order valence-corrected chi connectivity index (χ3v) is 5.56.